The minimum Gasteiger partial charge on any atom is -0.354 e. The molecule has 0 aliphatic carbocycles. The lowest BCUT2D eigenvalue weighted by atomic mass is 9.87. The first-order valence-corrected chi connectivity index (χ1v) is 14.2. The number of carbonyl (C=O) groups excluding carboxylic acids is 1. The monoisotopic (exact) mass is 509 g/mol. The van der Waals surface area contributed by atoms with E-state index >= 15 is 0 Å². The smallest absolute Gasteiger partial charge is 0.221 e. The van der Waals surface area contributed by atoms with Crippen molar-refractivity contribution in [1.29, 1.82) is 0 Å². The summed E-state index contributed by atoms with van der Waals surface area (Å²) in [5.74, 6) is 0.103. The zero-order chi connectivity index (χ0) is 26.9. The van der Waals surface area contributed by atoms with E-state index in [1.54, 1.807) is 0 Å². The van der Waals surface area contributed by atoms with Crippen molar-refractivity contribution in [3.8, 4) is 0 Å². The fraction of sp³-hybridized carbons (Fsp3) is 0.382. The van der Waals surface area contributed by atoms with Crippen molar-refractivity contribution in [2.24, 2.45) is 0 Å². The molecule has 200 valence electrons. The zero-order valence-corrected chi connectivity index (χ0v) is 23.5. The summed E-state index contributed by atoms with van der Waals surface area (Å²) >= 11 is 0. The molecule has 4 aromatic rings. The van der Waals surface area contributed by atoms with E-state index in [1.807, 2.05) is 0 Å². The van der Waals surface area contributed by atoms with Gasteiger partial charge in [-0.3, -0.25) is 4.79 Å². The molecule has 0 bridgehead atoms. The summed E-state index contributed by atoms with van der Waals surface area (Å²) in [7, 11) is 0. The number of rotatable bonds is 13. The maximum atomic E-state index is 13.4. The Labute approximate surface area is 228 Å². The minimum atomic E-state index is -0.0135. The quantitative estimate of drug-likeness (QED) is 0.208. The average Bonchev–Trinajstić information content (AvgIpc) is 3.29. The molecule has 1 amide bonds. The second-order valence-corrected chi connectivity index (χ2v) is 10.5. The fourth-order valence-electron chi connectivity index (χ4n) is 5.42. The number of amides is 1. The highest BCUT2D eigenvalue weighted by atomic mass is 16.1. The molecule has 1 N–H and O–H groups in total. The van der Waals surface area contributed by atoms with E-state index in [2.05, 4.69) is 128 Å². The number of aromatic nitrogens is 1. The first-order valence-electron chi connectivity index (χ1n) is 14.2. The topological polar surface area (TPSA) is 37.3 Å². The van der Waals surface area contributed by atoms with Crippen molar-refractivity contribution < 1.29 is 4.79 Å². The van der Waals surface area contributed by atoms with Crippen molar-refractivity contribution in [3.63, 3.8) is 0 Å². The predicted octanol–water partition coefficient (Wildman–Crippen LogP) is 7.15. The van der Waals surface area contributed by atoms with Gasteiger partial charge in [-0.2, -0.15) is 0 Å². The Morgan fingerprint density at radius 3 is 2.32 bits per heavy atom. The van der Waals surface area contributed by atoms with Gasteiger partial charge in [0.2, 0.25) is 5.91 Å². The molecule has 38 heavy (non-hydrogen) atoms. The lowest BCUT2D eigenvalue weighted by Gasteiger charge is -2.21. The molecule has 1 aromatic heterocycles. The Morgan fingerprint density at radius 2 is 1.61 bits per heavy atom. The van der Waals surface area contributed by atoms with Gasteiger partial charge in [0, 0.05) is 42.0 Å². The summed E-state index contributed by atoms with van der Waals surface area (Å²) in [6, 6.07) is 28.0. The molecule has 4 heteroatoms. The first kappa shape index (κ1) is 27.7. The van der Waals surface area contributed by atoms with E-state index in [-0.39, 0.29) is 17.9 Å². The molecule has 1 heterocycles. The zero-order valence-electron chi connectivity index (χ0n) is 23.5. The Kier molecular flexibility index (Phi) is 9.78. The largest absolute Gasteiger partial charge is 0.354 e. The Hall–Kier alpha value is -3.37. The van der Waals surface area contributed by atoms with Gasteiger partial charge >= 0.3 is 0 Å². The summed E-state index contributed by atoms with van der Waals surface area (Å²) in [6.07, 6.45) is 4.79. The normalized spacial score (nSPS) is 13.1. The van der Waals surface area contributed by atoms with Crippen LogP contribution < -0.4 is 5.32 Å². The van der Waals surface area contributed by atoms with Gasteiger partial charge in [-0.1, -0.05) is 92.2 Å². The molecule has 0 aliphatic heterocycles. The molecule has 0 saturated heterocycles. The molecule has 0 saturated carbocycles. The van der Waals surface area contributed by atoms with Crippen molar-refractivity contribution in [2.75, 3.05) is 19.6 Å². The third-order valence-electron chi connectivity index (χ3n) is 7.67. The van der Waals surface area contributed by atoms with Crippen LogP contribution in [0.2, 0.25) is 0 Å². The first-order chi connectivity index (χ1) is 18.5. The molecule has 0 radical (unpaired) electrons. The highest BCUT2D eigenvalue weighted by Gasteiger charge is 2.23. The molecule has 0 spiro atoms. The number of nitrogens with one attached hydrogen (secondary N) is 1. The summed E-state index contributed by atoms with van der Waals surface area (Å²) in [5, 5.41) is 4.52. The molecular formula is C34H43N3O. The van der Waals surface area contributed by atoms with E-state index < -0.39 is 0 Å². The van der Waals surface area contributed by atoms with Gasteiger partial charge in [0.25, 0.3) is 0 Å². The number of nitrogens with zero attached hydrogens (tertiary/aromatic N) is 2. The molecule has 0 aliphatic rings. The standard InChI is InChI=1S/C34H43N3O/c1-5-36(6-2)22-12-13-27(4)35-34(38)23-31(29-20-18-26(3)19-21-29)32-25-37(24-28-14-8-7-9-15-28)33-17-11-10-16-30(32)33/h7-11,14-21,25,27,31H,5-6,12-13,22-24H2,1-4H3,(H,35,38). The number of fused-ring (bicyclic) bond motifs is 1. The molecule has 2 unspecified atom stereocenters. The minimum absolute atomic E-state index is 0.0135. The van der Waals surface area contributed by atoms with Gasteiger partial charge in [0.15, 0.2) is 0 Å². The third kappa shape index (κ3) is 7.14. The highest BCUT2D eigenvalue weighted by Crippen LogP contribution is 2.35. The Morgan fingerprint density at radius 1 is 0.921 bits per heavy atom. The number of aryl methyl sites for hydroxylation is 1. The molecule has 3 aromatic carbocycles. The Balaban J connectivity index is 1.57. The lowest BCUT2D eigenvalue weighted by molar-refractivity contribution is -0.121. The van der Waals surface area contributed by atoms with Crippen molar-refractivity contribution >= 4 is 16.8 Å². The number of benzene rings is 3. The second-order valence-electron chi connectivity index (χ2n) is 10.5. The summed E-state index contributed by atoms with van der Waals surface area (Å²) < 4.78 is 2.33. The van der Waals surface area contributed by atoms with E-state index in [1.165, 1.54) is 33.2 Å². The predicted molar refractivity (Wildman–Crippen MR) is 160 cm³/mol. The van der Waals surface area contributed by atoms with Gasteiger partial charge in [-0.15, -0.1) is 0 Å². The average molecular weight is 510 g/mol. The van der Waals surface area contributed by atoms with Gasteiger partial charge in [0.05, 0.1) is 0 Å². The lowest BCUT2D eigenvalue weighted by Crippen LogP contribution is -2.34. The van der Waals surface area contributed by atoms with Crippen LogP contribution in [0, 0.1) is 6.92 Å². The fourth-order valence-corrected chi connectivity index (χ4v) is 5.42. The number of para-hydroxylation sites is 1. The van der Waals surface area contributed by atoms with Crippen LogP contribution in [-0.4, -0.2) is 41.1 Å². The van der Waals surface area contributed by atoms with Crippen molar-refractivity contribution in [2.45, 2.75) is 65.5 Å². The van der Waals surface area contributed by atoms with Crippen molar-refractivity contribution in [3.05, 3.63) is 107 Å². The summed E-state index contributed by atoms with van der Waals surface area (Å²) in [6.45, 7) is 12.7. The van der Waals surface area contributed by atoms with Gasteiger partial charge in [-0.25, -0.2) is 0 Å². The molecular weight excluding hydrogens is 466 g/mol. The molecule has 2 atom stereocenters. The SMILES string of the molecule is CCN(CC)CCCC(C)NC(=O)CC(c1ccc(C)cc1)c1cn(Cc2ccccc2)c2ccccc12. The van der Waals surface area contributed by atoms with Crippen molar-refractivity contribution in [1.82, 2.24) is 14.8 Å². The van der Waals surface area contributed by atoms with Crippen LogP contribution in [0.15, 0.2) is 85.1 Å². The maximum Gasteiger partial charge on any atom is 0.221 e. The summed E-state index contributed by atoms with van der Waals surface area (Å²) in [4.78, 5) is 15.8. The van der Waals surface area contributed by atoms with E-state index in [4.69, 9.17) is 0 Å². The molecule has 4 rings (SSSR count). The van der Waals surface area contributed by atoms with Crippen LogP contribution in [0.25, 0.3) is 10.9 Å². The van der Waals surface area contributed by atoms with Crippen LogP contribution in [0.5, 0.6) is 0 Å². The van der Waals surface area contributed by atoms with Crippen LogP contribution in [0.3, 0.4) is 0 Å². The van der Waals surface area contributed by atoms with Gasteiger partial charge in [-0.05, 0) is 69.1 Å². The van der Waals surface area contributed by atoms with Gasteiger partial charge < -0.3 is 14.8 Å². The van der Waals surface area contributed by atoms with Crippen LogP contribution in [-0.2, 0) is 11.3 Å². The van der Waals surface area contributed by atoms with Gasteiger partial charge in [0.1, 0.15) is 0 Å². The summed E-state index contributed by atoms with van der Waals surface area (Å²) in [5.41, 5.74) is 6.09. The van der Waals surface area contributed by atoms with E-state index in [0.717, 1.165) is 39.0 Å². The van der Waals surface area contributed by atoms with E-state index in [0.29, 0.717) is 6.42 Å². The number of hydrogen-bond acceptors (Lipinski definition) is 2. The molecule has 0 fully saturated rings. The third-order valence-corrected chi connectivity index (χ3v) is 7.67. The van der Waals surface area contributed by atoms with E-state index in [9.17, 15) is 4.79 Å². The van der Waals surface area contributed by atoms with Crippen LogP contribution >= 0.6 is 0 Å². The number of hydrogen-bond donors (Lipinski definition) is 1. The highest BCUT2D eigenvalue weighted by molar-refractivity contribution is 5.87. The Bertz CT molecular complexity index is 1290. The maximum absolute atomic E-state index is 13.4. The van der Waals surface area contributed by atoms with Crippen LogP contribution in [0.1, 0.15) is 68.2 Å². The molecule has 4 nitrogen and oxygen atoms in total. The van der Waals surface area contributed by atoms with Crippen LogP contribution in [0.4, 0.5) is 0 Å². The second kappa shape index (κ2) is 13.4. The number of carbonyl (C=O) groups is 1.